The van der Waals surface area contributed by atoms with Gasteiger partial charge in [-0.25, -0.2) is 4.79 Å². The van der Waals surface area contributed by atoms with E-state index >= 15 is 0 Å². The second-order valence-electron chi connectivity index (χ2n) is 5.28. The van der Waals surface area contributed by atoms with Crippen molar-refractivity contribution in [1.82, 2.24) is 0 Å². The number of benzene rings is 2. The summed E-state index contributed by atoms with van der Waals surface area (Å²) in [5.41, 5.74) is 5.26. The first-order valence-corrected chi connectivity index (χ1v) is 6.97. The van der Waals surface area contributed by atoms with Crippen molar-refractivity contribution in [1.29, 1.82) is 0 Å². The van der Waals surface area contributed by atoms with Gasteiger partial charge in [-0.2, -0.15) is 0 Å². The minimum atomic E-state index is -0.308. The Kier molecular flexibility index (Phi) is 4.63. The molecule has 0 aliphatic heterocycles. The molecule has 0 fully saturated rings. The lowest BCUT2D eigenvalue weighted by atomic mass is 10.1. The number of para-hydroxylation sites is 1. The van der Waals surface area contributed by atoms with Gasteiger partial charge in [0.15, 0.2) is 0 Å². The molecule has 0 heterocycles. The van der Waals surface area contributed by atoms with Crippen LogP contribution in [0, 0.1) is 13.8 Å². The maximum Gasteiger partial charge on any atom is 0.339 e. The fourth-order valence-corrected chi connectivity index (χ4v) is 2.35. The van der Waals surface area contributed by atoms with Gasteiger partial charge in [-0.05, 0) is 42.7 Å². The molecule has 0 spiro atoms. The first kappa shape index (κ1) is 15.1. The SMILES string of the molecule is COC(=O)c1ccccc1N(C)Cc1ccc(C)c(C)c1. The maximum atomic E-state index is 11.8. The molecule has 3 heteroatoms. The molecule has 0 atom stereocenters. The van der Waals surface area contributed by atoms with Crippen molar-refractivity contribution in [3.63, 3.8) is 0 Å². The van der Waals surface area contributed by atoms with Crippen molar-refractivity contribution < 1.29 is 9.53 Å². The molecule has 0 N–H and O–H groups in total. The molecule has 0 amide bonds. The van der Waals surface area contributed by atoms with Crippen molar-refractivity contribution in [2.24, 2.45) is 0 Å². The Labute approximate surface area is 126 Å². The quantitative estimate of drug-likeness (QED) is 0.801. The van der Waals surface area contributed by atoms with E-state index < -0.39 is 0 Å². The van der Waals surface area contributed by atoms with Crippen LogP contribution in [0.5, 0.6) is 0 Å². The standard InChI is InChI=1S/C18H21NO2/c1-13-9-10-15(11-14(13)2)12-19(3)17-8-6-5-7-16(17)18(20)21-4/h5-11H,12H2,1-4H3. The first-order chi connectivity index (χ1) is 10.0. The van der Waals surface area contributed by atoms with Crippen LogP contribution in [0.3, 0.4) is 0 Å². The van der Waals surface area contributed by atoms with Gasteiger partial charge in [0.25, 0.3) is 0 Å². The van der Waals surface area contributed by atoms with Crippen molar-refractivity contribution in [3.8, 4) is 0 Å². The Balaban J connectivity index is 2.26. The monoisotopic (exact) mass is 283 g/mol. The predicted octanol–water partition coefficient (Wildman–Crippen LogP) is 3.73. The van der Waals surface area contributed by atoms with E-state index in [1.54, 1.807) is 6.07 Å². The van der Waals surface area contributed by atoms with Crippen molar-refractivity contribution in [2.75, 3.05) is 19.1 Å². The molecule has 2 rings (SSSR count). The van der Waals surface area contributed by atoms with Gasteiger partial charge in [-0.15, -0.1) is 0 Å². The number of aryl methyl sites for hydroxylation is 2. The van der Waals surface area contributed by atoms with E-state index in [-0.39, 0.29) is 5.97 Å². The Bertz CT molecular complexity index is 649. The molecular formula is C18H21NO2. The number of carbonyl (C=O) groups excluding carboxylic acids is 1. The lowest BCUT2D eigenvalue weighted by Crippen LogP contribution is -2.19. The van der Waals surface area contributed by atoms with Gasteiger partial charge >= 0.3 is 5.97 Å². The summed E-state index contributed by atoms with van der Waals surface area (Å²) in [5, 5.41) is 0. The van der Waals surface area contributed by atoms with E-state index in [1.807, 2.05) is 25.2 Å². The van der Waals surface area contributed by atoms with E-state index in [9.17, 15) is 4.79 Å². The normalized spacial score (nSPS) is 10.3. The molecule has 0 saturated carbocycles. The van der Waals surface area contributed by atoms with Crippen LogP contribution in [0.2, 0.25) is 0 Å². The summed E-state index contributed by atoms with van der Waals surface area (Å²) < 4.78 is 4.85. The molecule has 0 bridgehead atoms. The largest absolute Gasteiger partial charge is 0.465 e. The van der Waals surface area contributed by atoms with Crippen LogP contribution >= 0.6 is 0 Å². The van der Waals surface area contributed by atoms with Crippen LogP contribution in [-0.4, -0.2) is 20.1 Å². The highest BCUT2D eigenvalue weighted by Crippen LogP contribution is 2.22. The average Bonchev–Trinajstić information content (AvgIpc) is 2.50. The minimum absolute atomic E-state index is 0.308. The third-order valence-electron chi connectivity index (χ3n) is 3.71. The highest BCUT2D eigenvalue weighted by atomic mass is 16.5. The van der Waals surface area contributed by atoms with Gasteiger partial charge in [0, 0.05) is 13.6 Å². The molecule has 0 aliphatic carbocycles. The predicted molar refractivity (Wildman–Crippen MR) is 85.8 cm³/mol. The second-order valence-corrected chi connectivity index (χ2v) is 5.28. The summed E-state index contributed by atoms with van der Waals surface area (Å²) in [7, 11) is 3.39. The molecular weight excluding hydrogens is 262 g/mol. The Morgan fingerprint density at radius 1 is 1.10 bits per heavy atom. The average molecular weight is 283 g/mol. The number of anilines is 1. The lowest BCUT2D eigenvalue weighted by Gasteiger charge is -2.22. The van der Waals surface area contributed by atoms with Gasteiger partial charge in [0.2, 0.25) is 0 Å². The summed E-state index contributed by atoms with van der Waals surface area (Å²) in [6.07, 6.45) is 0. The molecule has 0 radical (unpaired) electrons. The van der Waals surface area contributed by atoms with Crippen LogP contribution in [0.4, 0.5) is 5.69 Å². The number of carbonyl (C=O) groups is 1. The van der Waals surface area contributed by atoms with Crippen molar-refractivity contribution >= 4 is 11.7 Å². The Morgan fingerprint density at radius 2 is 1.81 bits per heavy atom. The van der Waals surface area contributed by atoms with Crippen LogP contribution in [-0.2, 0) is 11.3 Å². The molecule has 110 valence electrons. The molecule has 3 nitrogen and oxygen atoms in total. The van der Waals surface area contributed by atoms with Gasteiger partial charge in [0.05, 0.1) is 18.4 Å². The number of hydrogen-bond donors (Lipinski definition) is 0. The Hall–Kier alpha value is -2.29. The van der Waals surface area contributed by atoms with Crippen LogP contribution in [0.25, 0.3) is 0 Å². The molecule has 0 aromatic heterocycles. The fourth-order valence-electron chi connectivity index (χ4n) is 2.35. The number of ether oxygens (including phenoxy) is 1. The maximum absolute atomic E-state index is 11.8. The zero-order valence-electron chi connectivity index (χ0n) is 13.0. The summed E-state index contributed by atoms with van der Waals surface area (Å²) in [5.74, 6) is -0.308. The third kappa shape index (κ3) is 3.43. The van der Waals surface area contributed by atoms with E-state index in [1.165, 1.54) is 23.8 Å². The number of rotatable bonds is 4. The zero-order chi connectivity index (χ0) is 15.4. The van der Waals surface area contributed by atoms with E-state index in [0.717, 1.165) is 12.2 Å². The van der Waals surface area contributed by atoms with Gasteiger partial charge < -0.3 is 9.64 Å². The number of esters is 1. The zero-order valence-corrected chi connectivity index (χ0v) is 13.0. The topological polar surface area (TPSA) is 29.5 Å². The van der Waals surface area contributed by atoms with Crippen molar-refractivity contribution in [3.05, 3.63) is 64.7 Å². The van der Waals surface area contributed by atoms with E-state index in [0.29, 0.717) is 5.56 Å². The number of nitrogens with zero attached hydrogens (tertiary/aromatic N) is 1. The highest BCUT2D eigenvalue weighted by Gasteiger charge is 2.14. The number of hydrogen-bond acceptors (Lipinski definition) is 3. The van der Waals surface area contributed by atoms with Crippen LogP contribution < -0.4 is 4.90 Å². The van der Waals surface area contributed by atoms with Crippen LogP contribution in [0.1, 0.15) is 27.0 Å². The highest BCUT2D eigenvalue weighted by molar-refractivity contribution is 5.95. The third-order valence-corrected chi connectivity index (χ3v) is 3.71. The van der Waals surface area contributed by atoms with E-state index in [4.69, 9.17) is 4.74 Å². The summed E-state index contributed by atoms with van der Waals surface area (Å²) in [6, 6.07) is 13.9. The summed E-state index contributed by atoms with van der Waals surface area (Å²) in [4.78, 5) is 13.9. The van der Waals surface area contributed by atoms with Crippen LogP contribution in [0.15, 0.2) is 42.5 Å². The summed E-state index contributed by atoms with van der Waals surface area (Å²) in [6.45, 7) is 4.96. The lowest BCUT2D eigenvalue weighted by molar-refractivity contribution is 0.0601. The molecule has 0 unspecified atom stereocenters. The summed E-state index contributed by atoms with van der Waals surface area (Å²) >= 11 is 0. The molecule has 2 aromatic rings. The van der Waals surface area contributed by atoms with Gasteiger partial charge in [-0.3, -0.25) is 0 Å². The van der Waals surface area contributed by atoms with E-state index in [2.05, 4.69) is 36.9 Å². The molecule has 21 heavy (non-hydrogen) atoms. The smallest absolute Gasteiger partial charge is 0.339 e. The van der Waals surface area contributed by atoms with Gasteiger partial charge in [-0.1, -0.05) is 30.3 Å². The fraction of sp³-hybridized carbons (Fsp3) is 0.278. The molecule has 0 aliphatic rings. The van der Waals surface area contributed by atoms with Gasteiger partial charge in [0.1, 0.15) is 0 Å². The number of methoxy groups -OCH3 is 1. The second kappa shape index (κ2) is 6.44. The van der Waals surface area contributed by atoms with Crippen molar-refractivity contribution in [2.45, 2.75) is 20.4 Å². The minimum Gasteiger partial charge on any atom is -0.465 e. The molecule has 2 aromatic carbocycles. The molecule has 0 saturated heterocycles. The first-order valence-electron chi connectivity index (χ1n) is 6.97. The Morgan fingerprint density at radius 3 is 2.48 bits per heavy atom.